The van der Waals surface area contributed by atoms with Crippen LogP contribution in [0.2, 0.25) is 0 Å². The van der Waals surface area contributed by atoms with Crippen molar-refractivity contribution in [2.75, 3.05) is 43.2 Å². The molecular weight excluding hydrogens is 390 g/mol. The summed E-state index contributed by atoms with van der Waals surface area (Å²) in [6, 6.07) is 0. The Bertz CT molecular complexity index is 683. The van der Waals surface area contributed by atoms with Gasteiger partial charge < -0.3 is 9.64 Å². The van der Waals surface area contributed by atoms with Crippen molar-refractivity contribution in [1.29, 1.82) is 0 Å². The Morgan fingerprint density at radius 3 is 2.63 bits per heavy atom. The molecule has 3 N–H and O–H groups in total. The summed E-state index contributed by atoms with van der Waals surface area (Å²) >= 11 is 0. The van der Waals surface area contributed by atoms with Crippen LogP contribution in [0.1, 0.15) is 58.2 Å². The lowest BCUT2D eigenvalue weighted by Gasteiger charge is -2.27. The highest BCUT2D eigenvalue weighted by Crippen LogP contribution is 2.17. The predicted octanol–water partition coefficient (Wildman–Crippen LogP) is 1.32. The van der Waals surface area contributed by atoms with Crippen LogP contribution in [-0.2, 0) is 14.3 Å². The first-order valence-corrected chi connectivity index (χ1v) is 10.5. The van der Waals surface area contributed by atoms with Crippen LogP contribution in [0.25, 0.3) is 0 Å². The zero-order valence-corrected chi connectivity index (χ0v) is 18.0. The average Bonchev–Trinajstić information content (AvgIpc) is 2.77. The molecule has 1 aromatic rings. The third kappa shape index (κ3) is 7.38. The third-order valence-corrected chi connectivity index (χ3v) is 4.80. The van der Waals surface area contributed by atoms with E-state index in [0.717, 1.165) is 19.3 Å². The molecule has 1 atom stereocenters. The first-order valence-electron chi connectivity index (χ1n) is 10.5. The van der Waals surface area contributed by atoms with Gasteiger partial charge in [-0.25, -0.2) is 5.06 Å². The summed E-state index contributed by atoms with van der Waals surface area (Å²) < 4.78 is 5.38. The third-order valence-electron chi connectivity index (χ3n) is 4.80. The molecule has 2 rings (SSSR count). The van der Waals surface area contributed by atoms with Crippen LogP contribution in [0.5, 0.6) is 0 Å². The fourth-order valence-electron chi connectivity index (χ4n) is 3.03. The van der Waals surface area contributed by atoms with Crippen molar-refractivity contribution in [1.82, 2.24) is 25.4 Å². The maximum absolute atomic E-state index is 12.6. The van der Waals surface area contributed by atoms with Gasteiger partial charge in [0.2, 0.25) is 24.2 Å². The van der Waals surface area contributed by atoms with Crippen molar-refractivity contribution in [3.05, 3.63) is 5.82 Å². The molecule has 1 aliphatic rings. The molecule has 0 aromatic carbocycles. The maximum atomic E-state index is 12.6. The van der Waals surface area contributed by atoms with Gasteiger partial charge in [0.15, 0.2) is 0 Å². The molecule has 30 heavy (non-hydrogen) atoms. The number of hydrazine groups is 1. The smallest absolute Gasteiger partial charge is 0.246 e. The van der Waals surface area contributed by atoms with Gasteiger partial charge in [0.05, 0.1) is 25.7 Å². The van der Waals surface area contributed by atoms with E-state index in [2.05, 4.69) is 32.7 Å². The monoisotopic (exact) mass is 423 g/mol. The van der Waals surface area contributed by atoms with Crippen LogP contribution in [0.15, 0.2) is 0 Å². The van der Waals surface area contributed by atoms with Crippen molar-refractivity contribution < 1.29 is 19.5 Å². The van der Waals surface area contributed by atoms with E-state index < -0.39 is 5.92 Å². The zero-order valence-electron chi connectivity index (χ0n) is 18.0. The normalized spacial score (nSPS) is 15.0. The van der Waals surface area contributed by atoms with E-state index in [1.54, 1.807) is 0 Å². The second-order valence-corrected chi connectivity index (χ2v) is 7.61. The number of ether oxygens (including phenoxy) is 1. The van der Waals surface area contributed by atoms with Crippen LogP contribution in [-0.4, -0.2) is 70.4 Å². The minimum Gasteiger partial charge on any atom is -0.378 e. The molecule has 2 heterocycles. The van der Waals surface area contributed by atoms with E-state index in [0.29, 0.717) is 56.0 Å². The minimum atomic E-state index is -0.552. The average molecular weight is 424 g/mol. The van der Waals surface area contributed by atoms with Crippen molar-refractivity contribution in [3.63, 3.8) is 0 Å². The number of carbonyl (C=O) groups is 2. The lowest BCUT2D eigenvalue weighted by Crippen LogP contribution is -2.41. The molecule has 11 heteroatoms. The largest absolute Gasteiger partial charge is 0.378 e. The van der Waals surface area contributed by atoms with E-state index in [1.807, 2.05) is 18.7 Å². The molecule has 168 valence electrons. The minimum absolute atomic E-state index is 0.0752. The van der Waals surface area contributed by atoms with Gasteiger partial charge in [-0.05, 0) is 6.42 Å². The van der Waals surface area contributed by atoms with Crippen molar-refractivity contribution in [2.45, 2.75) is 52.4 Å². The summed E-state index contributed by atoms with van der Waals surface area (Å²) in [5.74, 6) is 0.588. The van der Waals surface area contributed by atoms with E-state index >= 15 is 0 Å². The van der Waals surface area contributed by atoms with Gasteiger partial charge in [0, 0.05) is 19.0 Å². The Kier molecular flexibility index (Phi) is 9.68. The molecule has 2 amide bonds. The molecular formula is C19H33N7O4. The number of hydroxylamine groups is 2. The standard InChI is InChI=1S/C19H33N7O4/c1-4-5-6-7-15(12-26(29)13-27)17(28)23-24-18-20-16(14(2)3)21-19(22-18)25-8-10-30-11-9-25/h13-15,29H,4-12H2,1-3H3,(H,23,28)(H,20,21,22,24)/t15-/m0/s1. The Labute approximate surface area is 177 Å². The van der Waals surface area contributed by atoms with Gasteiger partial charge in [0.1, 0.15) is 5.82 Å². The summed E-state index contributed by atoms with van der Waals surface area (Å²) in [5, 5.41) is 10.0. The molecule has 11 nitrogen and oxygen atoms in total. The van der Waals surface area contributed by atoms with Gasteiger partial charge in [0.25, 0.3) is 0 Å². The van der Waals surface area contributed by atoms with Crippen LogP contribution in [0.4, 0.5) is 11.9 Å². The molecule has 0 spiro atoms. The lowest BCUT2D eigenvalue weighted by molar-refractivity contribution is -0.154. The Balaban J connectivity index is 2.07. The molecule has 0 bridgehead atoms. The number of amides is 2. The van der Waals surface area contributed by atoms with Crippen LogP contribution in [0.3, 0.4) is 0 Å². The highest BCUT2D eigenvalue weighted by molar-refractivity contribution is 5.80. The number of hydrogen-bond donors (Lipinski definition) is 3. The molecule has 1 aromatic heterocycles. The van der Waals surface area contributed by atoms with Crippen molar-refractivity contribution in [2.24, 2.45) is 5.92 Å². The van der Waals surface area contributed by atoms with Crippen molar-refractivity contribution in [3.8, 4) is 0 Å². The number of anilines is 2. The van der Waals surface area contributed by atoms with Crippen molar-refractivity contribution >= 4 is 24.2 Å². The molecule has 1 fully saturated rings. The van der Waals surface area contributed by atoms with E-state index in [1.165, 1.54) is 0 Å². The summed E-state index contributed by atoms with van der Waals surface area (Å²) in [6.07, 6.45) is 3.66. The number of aromatic nitrogens is 3. The Morgan fingerprint density at radius 1 is 1.27 bits per heavy atom. The SMILES string of the molecule is CCCCC[C@@H](CN(O)C=O)C(=O)NNc1nc(C(C)C)nc(N2CCOCC2)n1. The van der Waals surface area contributed by atoms with E-state index in [9.17, 15) is 14.8 Å². The van der Waals surface area contributed by atoms with Gasteiger partial charge in [-0.15, -0.1) is 0 Å². The van der Waals surface area contributed by atoms with E-state index in [-0.39, 0.29) is 24.3 Å². The Hall–Kier alpha value is -2.53. The molecule has 1 aliphatic heterocycles. The Morgan fingerprint density at radius 2 is 2.00 bits per heavy atom. The maximum Gasteiger partial charge on any atom is 0.246 e. The summed E-state index contributed by atoms with van der Waals surface area (Å²) in [7, 11) is 0. The van der Waals surface area contributed by atoms with Gasteiger partial charge >= 0.3 is 0 Å². The van der Waals surface area contributed by atoms with Crippen LogP contribution < -0.4 is 15.8 Å². The zero-order chi connectivity index (χ0) is 21.9. The number of nitrogens with one attached hydrogen (secondary N) is 2. The number of morpholine rings is 1. The number of hydrogen-bond acceptors (Lipinski definition) is 9. The van der Waals surface area contributed by atoms with Gasteiger partial charge in [-0.2, -0.15) is 15.0 Å². The summed E-state index contributed by atoms with van der Waals surface area (Å²) in [4.78, 5) is 38.8. The van der Waals surface area contributed by atoms with Gasteiger partial charge in [-0.3, -0.25) is 25.6 Å². The predicted molar refractivity (Wildman–Crippen MR) is 111 cm³/mol. The molecule has 0 saturated carbocycles. The molecule has 0 radical (unpaired) electrons. The molecule has 1 saturated heterocycles. The number of carbonyl (C=O) groups excluding carboxylic acids is 2. The quantitative estimate of drug-likeness (QED) is 0.197. The lowest BCUT2D eigenvalue weighted by atomic mass is 10.0. The number of unbranched alkanes of at least 4 members (excludes halogenated alkanes) is 2. The van der Waals surface area contributed by atoms with Crippen LogP contribution in [0, 0.1) is 5.92 Å². The topological polar surface area (TPSA) is 133 Å². The second kappa shape index (κ2) is 12.2. The second-order valence-electron chi connectivity index (χ2n) is 7.61. The summed E-state index contributed by atoms with van der Waals surface area (Å²) in [6.45, 7) is 8.55. The highest BCUT2D eigenvalue weighted by Gasteiger charge is 2.22. The highest BCUT2D eigenvalue weighted by atomic mass is 16.5. The molecule has 0 aliphatic carbocycles. The van der Waals surface area contributed by atoms with E-state index in [4.69, 9.17) is 4.74 Å². The van der Waals surface area contributed by atoms with Crippen LogP contribution >= 0.6 is 0 Å². The van der Waals surface area contributed by atoms with Gasteiger partial charge in [-0.1, -0.05) is 40.0 Å². The number of rotatable bonds is 12. The first kappa shape index (κ1) is 23.7. The summed E-state index contributed by atoms with van der Waals surface area (Å²) in [5.41, 5.74) is 5.39. The number of nitrogens with zero attached hydrogens (tertiary/aromatic N) is 5. The molecule has 0 unspecified atom stereocenters. The fourth-order valence-corrected chi connectivity index (χ4v) is 3.03. The fraction of sp³-hybridized carbons (Fsp3) is 0.737. The first-order chi connectivity index (χ1) is 14.4.